The molecule has 1 unspecified atom stereocenters. The molecule has 2 N–H and O–H groups in total. The minimum Gasteiger partial charge on any atom is -0.478 e. The van der Waals surface area contributed by atoms with Gasteiger partial charge in [-0.2, -0.15) is 0 Å². The molecule has 0 saturated heterocycles. The summed E-state index contributed by atoms with van der Waals surface area (Å²) < 4.78 is 5.01. The summed E-state index contributed by atoms with van der Waals surface area (Å²) in [5.74, 6) is -1.56. The molecule has 0 aliphatic rings. The van der Waals surface area contributed by atoms with Crippen molar-refractivity contribution in [2.75, 3.05) is 0 Å². The number of carboxylic acids is 1. The summed E-state index contributed by atoms with van der Waals surface area (Å²) in [6.45, 7) is 5.99. The number of carbonyl (C=O) groups excluding carboxylic acids is 1. The van der Waals surface area contributed by atoms with Gasteiger partial charge in [-0.1, -0.05) is 44.2 Å². The van der Waals surface area contributed by atoms with E-state index in [1.54, 1.807) is 0 Å². The van der Waals surface area contributed by atoms with Crippen LogP contribution < -0.4 is 5.32 Å². The number of rotatable bonds is 5. The number of amides is 1. The van der Waals surface area contributed by atoms with Crippen molar-refractivity contribution in [2.24, 2.45) is 0 Å². The molecule has 2 rings (SSSR count). The van der Waals surface area contributed by atoms with Gasteiger partial charge in [0.1, 0.15) is 6.26 Å². The summed E-state index contributed by atoms with van der Waals surface area (Å²) in [6, 6.07) is 10.9. The quantitative estimate of drug-likeness (QED) is 0.889. The second-order valence-electron chi connectivity index (χ2n) is 5.79. The van der Waals surface area contributed by atoms with Crippen molar-refractivity contribution in [3.05, 3.63) is 59.5 Å². The number of carboxylic acid groups (broad SMARTS) is 1. The fourth-order valence-electron chi connectivity index (χ4n) is 2.13. The molecule has 116 valence electrons. The second-order valence-corrected chi connectivity index (χ2v) is 5.79. The Bertz CT molecular complexity index is 673. The highest BCUT2D eigenvalue weighted by atomic mass is 16.4. The third-order valence-corrected chi connectivity index (χ3v) is 4.02. The first-order valence-corrected chi connectivity index (χ1v) is 7.00. The van der Waals surface area contributed by atoms with E-state index in [4.69, 9.17) is 9.52 Å². The Morgan fingerprint density at radius 2 is 1.86 bits per heavy atom. The third kappa shape index (κ3) is 3.19. The molecule has 0 saturated carbocycles. The molecule has 2 aromatic rings. The Morgan fingerprint density at radius 1 is 1.23 bits per heavy atom. The van der Waals surface area contributed by atoms with Crippen LogP contribution in [0.1, 0.15) is 47.2 Å². The van der Waals surface area contributed by atoms with Gasteiger partial charge in [-0.15, -0.1) is 0 Å². The normalized spacial score (nSPS) is 12.7. The van der Waals surface area contributed by atoms with Crippen LogP contribution in [0.25, 0.3) is 0 Å². The minimum absolute atomic E-state index is 0.00638. The zero-order valence-electron chi connectivity index (χ0n) is 12.8. The zero-order valence-corrected chi connectivity index (χ0v) is 12.8. The molecule has 0 spiro atoms. The van der Waals surface area contributed by atoms with E-state index in [0.717, 1.165) is 11.8 Å². The number of furan rings is 1. The van der Waals surface area contributed by atoms with Gasteiger partial charge in [-0.25, -0.2) is 4.79 Å². The number of carbonyl (C=O) groups is 2. The monoisotopic (exact) mass is 301 g/mol. The Hall–Kier alpha value is -2.56. The maximum atomic E-state index is 12.2. The largest absolute Gasteiger partial charge is 0.478 e. The van der Waals surface area contributed by atoms with Crippen molar-refractivity contribution < 1.29 is 19.1 Å². The number of nitrogens with one attached hydrogen (secondary N) is 1. The standard InChI is InChI=1S/C17H19NO4/c1-11(17(2,3)13-7-5-4-6-8-13)18-15(19)14-9-12(10-22-14)16(20)21/h4-11H,1-3H3,(H,18,19)(H,20,21). The average Bonchev–Trinajstić information content (AvgIpc) is 2.98. The van der Waals surface area contributed by atoms with Crippen molar-refractivity contribution in [3.8, 4) is 0 Å². The lowest BCUT2D eigenvalue weighted by Crippen LogP contribution is -2.45. The lowest BCUT2D eigenvalue weighted by Gasteiger charge is -2.32. The van der Waals surface area contributed by atoms with Crippen LogP contribution in [0.5, 0.6) is 0 Å². The summed E-state index contributed by atoms with van der Waals surface area (Å²) in [4.78, 5) is 23.0. The molecule has 1 atom stereocenters. The van der Waals surface area contributed by atoms with Gasteiger partial charge >= 0.3 is 5.97 Å². The number of hydrogen-bond donors (Lipinski definition) is 2. The highest BCUT2D eigenvalue weighted by Gasteiger charge is 2.30. The number of hydrogen-bond acceptors (Lipinski definition) is 3. The molecule has 5 nitrogen and oxygen atoms in total. The molecular formula is C17H19NO4. The van der Waals surface area contributed by atoms with Gasteiger partial charge in [0.25, 0.3) is 5.91 Å². The number of aromatic carboxylic acids is 1. The second kappa shape index (κ2) is 6.05. The lowest BCUT2D eigenvalue weighted by atomic mass is 9.78. The lowest BCUT2D eigenvalue weighted by molar-refractivity contribution is 0.0695. The molecule has 1 aromatic carbocycles. The molecule has 1 heterocycles. The van der Waals surface area contributed by atoms with Crippen molar-refractivity contribution in [2.45, 2.75) is 32.2 Å². The Morgan fingerprint density at radius 3 is 2.41 bits per heavy atom. The fraction of sp³-hybridized carbons (Fsp3) is 0.294. The molecule has 0 radical (unpaired) electrons. The predicted molar refractivity (Wildman–Crippen MR) is 82.1 cm³/mol. The van der Waals surface area contributed by atoms with E-state index in [0.29, 0.717) is 0 Å². The highest BCUT2D eigenvalue weighted by Crippen LogP contribution is 2.27. The van der Waals surface area contributed by atoms with E-state index in [-0.39, 0.29) is 22.8 Å². The van der Waals surface area contributed by atoms with Gasteiger partial charge in [-0.3, -0.25) is 4.79 Å². The maximum absolute atomic E-state index is 12.2. The van der Waals surface area contributed by atoms with Gasteiger partial charge in [0.05, 0.1) is 5.56 Å². The molecule has 22 heavy (non-hydrogen) atoms. The molecule has 0 fully saturated rings. The molecular weight excluding hydrogens is 282 g/mol. The first kappa shape index (κ1) is 15.8. The van der Waals surface area contributed by atoms with Crippen LogP contribution in [-0.4, -0.2) is 23.0 Å². The van der Waals surface area contributed by atoms with Crippen LogP contribution in [0.15, 0.2) is 47.1 Å². The van der Waals surface area contributed by atoms with Gasteiger partial charge in [0.2, 0.25) is 0 Å². The van der Waals surface area contributed by atoms with Crippen molar-refractivity contribution in [3.63, 3.8) is 0 Å². The topological polar surface area (TPSA) is 79.5 Å². The third-order valence-electron chi connectivity index (χ3n) is 4.02. The van der Waals surface area contributed by atoms with Gasteiger partial charge in [0.15, 0.2) is 5.76 Å². The van der Waals surface area contributed by atoms with Gasteiger partial charge < -0.3 is 14.8 Å². The van der Waals surface area contributed by atoms with Crippen LogP contribution in [-0.2, 0) is 5.41 Å². The Balaban J connectivity index is 2.12. The van der Waals surface area contributed by atoms with Crippen LogP contribution >= 0.6 is 0 Å². The summed E-state index contributed by atoms with van der Waals surface area (Å²) >= 11 is 0. The smallest absolute Gasteiger partial charge is 0.338 e. The highest BCUT2D eigenvalue weighted by molar-refractivity contribution is 5.95. The summed E-state index contributed by atoms with van der Waals surface area (Å²) in [5.41, 5.74) is 0.785. The molecule has 0 aliphatic carbocycles. The van der Waals surface area contributed by atoms with Gasteiger partial charge in [0, 0.05) is 17.5 Å². The van der Waals surface area contributed by atoms with Crippen LogP contribution in [0.3, 0.4) is 0 Å². The first-order chi connectivity index (χ1) is 10.3. The molecule has 0 bridgehead atoms. The predicted octanol–water partition coefficient (Wildman–Crippen LogP) is 3.07. The summed E-state index contributed by atoms with van der Waals surface area (Å²) in [5, 5.41) is 11.7. The van der Waals surface area contributed by atoms with Crippen LogP contribution in [0.4, 0.5) is 0 Å². The summed E-state index contributed by atoms with van der Waals surface area (Å²) in [7, 11) is 0. The van der Waals surface area contributed by atoms with Crippen molar-refractivity contribution in [1.82, 2.24) is 5.32 Å². The fourth-order valence-corrected chi connectivity index (χ4v) is 2.13. The average molecular weight is 301 g/mol. The van der Waals surface area contributed by atoms with Crippen LogP contribution in [0, 0.1) is 0 Å². The minimum atomic E-state index is -1.12. The van der Waals surface area contributed by atoms with E-state index in [1.807, 2.05) is 51.1 Å². The Kier molecular flexibility index (Phi) is 4.35. The van der Waals surface area contributed by atoms with E-state index < -0.39 is 11.9 Å². The Labute approximate surface area is 129 Å². The SMILES string of the molecule is CC(NC(=O)c1cc(C(=O)O)co1)C(C)(C)c1ccccc1. The zero-order chi connectivity index (χ0) is 16.3. The summed E-state index contributed by atoms with van der Waals surface area (Å²) in [6.07, 6.45) is 1.06. The molecule has 1 amide bonds. The van der Waals surface area contributed by atoms with Gasteiger partial charge in [-0.05, 0) is 12.5 Å². The van der Waals surface area contributed by atoms with E-state index in [1.165, 1.54) is 6.07 Å². The number of benzene rings is 1. The first-order valence-electron chi connectivity index (χ1n) is 7.00. The maximum Gasteiger partial charge on any atom is 0.338 e. The molecule has 1 aromatic heterocycles. The van der Waals surface area contributed by atoms with Crippen LogP contribution in [0.2, 0.25) is 0 Å². The van der Waals surface area contributed by atoms with E-state index >= 15 is 0 Å². The van der Waals surface area contributed by atoms with E-state index in [2.05, 4.69) is 5.32 Å². The van der Waals surface area contributed by atoms with E-state index in [9.17, 15) is 9.59 Å². The molecule has 5 heteroatoms. The molecule has 0 aliphatic heterocycles. The van der Waals surface area contributed by atoms with Crippen molar-refractivity contribution >= 4 is 11.9 Å². The van der Waals surface area contributed by atoms with Crippen molar-refractivity contribution in [1.29, 1.82) is 0 Å².